The predicted molar refractivity (Wildman–Crippen MR) is 114 cm³/mol. The van der Waals surface area contributed by atoms with Crippen LogP contribution in [0.2, 0.25) is 0 Å². The Morgan fingerprint density at radius 3 is 2.55 bits per heavy atom. The Hall–Kier alpha value is -4.34. The first kappa shape index (κ1) is 20.0. The van der Waals surface area contributed by atoms with Gasteiger partial charge in [-0.25, -0.2) is 9.67 Å². The second kappa shape index (κ2) is 7.82. The molecule has 10 nitrogen and oxygen atoms in total. The van der Waals surface area contributed by atoms with Crippen molar-refractivity contribution in [3.05, 3.63) is 86.6 Å². The average molecular weight is 418 g/mol. The molecule has 0 saturated heterocycles. The van der Waals surface area contributed by atoms with Crippen LogP contribution in [0.15, 0.2) is 59.8 Å². The van der Waals surface area contributed by atoms with Gasteiger partial charge in [0, 0.05) is 11.8 Å². The molecule has 0 atom stereocenters. The molecule has 10 heteroatoms. The second-order valence-corrected chi connectivity index (χ2v) is 7.03. The molecule has 2 aromatic heterocycles. The largest absolute Gasteiger partial charge is 0.324 e. The van der Waals surface area contributed by atoms with Crippen molar-refractivity contribution in [2.24, 2.45) is 0 Å². The third-order valence-electron chi connectivity index (χ3n) is 4.92. The minimum absolute atomic E-state index is 0.153. The number of nitrogens with zero attached hydrogens (tertiary/aromatic N) is 5. The Morgan fingerprint density at radius 1 is 1.13 bits per heavy atom. The number of aromatic nitrogens is 4. The van der Waals surface area contributed by atoms with Crippen LogP contribution in [-0.2, 0) is 11.3 Å². The lowest BCUT2D eigenvalue weighted by atomic mass is 10.1. The second-order valence-electron chi connectivity index (χ2n) is 7.03. The summed E-state index contributed by atoms with van der Waals surface area (Å²) in [5.74, 6) is -0.369. The van der Waals surface area contributed by atoms with Crippen LogP contribution in [0.3, 0.4) is 0 Å². The molecule has 0 aliphatic heterocycles. The number of para-hydroxylation sites is 3. The zero-order valence-corrected chi connectivity index (χ0v) is 16.8. The van der Waals surface area contributed by atoms with Gasteiger partial charge in [0.1, 0.15) is 23.9 Å². The van der Waals surface area contributed by atoms with Crippen LogP contribution in [-0.4, -0.2) is 30.2 Å². The fourth-order valence-electron chi connectivity index (χ4n) is 3.38. The van der Waals surface area contributed by atoms with Crippen LogP contribution in [0, 0.1) is 24.0 Å². The van der Waals surface area contributed by atoms with Crippen LogP contribution in [0.4, 0.5) is 11.4 Å². The fourth-order valence-corrected chi connectivity index (χ4v) is 3.38. The molecule has 31 heavy (non-hydrogen) atoms. The van der Waals surface area contributed by atoms with Gasteiger partial charge in [-0.3, -0.25) is 24.3 Å². The van der Waals surface area contributed by atoms with Gasteiger partial charge in [0.25, 0.3) is 11.2 Å². The molecule has 4 rings (SSSR count). The molecule has 4 aromatic rings. The Morgan fingerprint density at radius 2 is 1.84 bits per heavy atom. The van der Waals surface area contributed by atoms with Gasteiger partial charge in [-0.05, 0) is 31.0 Å². The van der Waals surface area contributed by atoms with E-state index in [9.17, 15) is 19.7 Å². The van der Waals surface area contributed by atoms with Gasteiger partial charge in [-0.2, -0.15) is 5.10 Å². The quantitative estimate of drug-likeness (QED) is 0.392. The van der Waals surface area contributed by atoms with Crippen molar-refractivity contribution in [3.63, 3.8) is 0 Å². The molecule has 1 amide bonds. The summed E-state index contributed by atoms with van der Waals surface area (Å²) in [6, 6.07) is 11.7. The number of nitro benzene ring substituents is 1. The number of hydrogen-bond acceptors (Lipinski definition) is 6. The molecule has 1 N–H and O–H groups in total. The molecule has 156 valence electrons. The summed E-state index contributed by atoms with van der Waals surface area (Å²) < 4.78 is 2.42. The summed E-state index contributed by atoms with van der Waals surface area (Å²) in [7, 11) is 0. The van der Waals surface area contributed by atoms with Crippen LogP contribution in [0.1, 0.15) is 11.1 Å². The number of hydrogen-bond donors (Lipinski definition) is 1. The maximum atomic E-state index is 12.9. The highest BCUT2D eigenvalue weighted by Gasteiger charge is 2.19. The number of anilines is 1. The molecule has 2 heterocycles. The maximum absolute atomic E-state index is 12.9. The van der Waals surface area contributed by atoms with E-state index in [1.807, 2.05) is 32.0 Å². The molecular formula is C21H18N6O4. The van der Waals surface area contributed by atoms with Crippen molar-refractivity contribution in [2.75, 3.05) is 5.32 Å². The van der Waals surface area contributed by atoms with Gasteiger partial charge in [0.05, 0.1) is 11.1 Å². The predicted octanol–water partition coefficient (Wildman–Crippen LogP) is 2.75. The molecule has 0 radical (unpaired) electrons. The summed E-state index contributed by atoms with van der Waals surface area (Å²) in [6.45, 7) is 3.55. The summed E-state index contributed by atoms with van der Waals surface area (Å²) in [5.41, 5.74) is 2.28. The van der Waals surface area contributed by atoms with Crippen molar-refractivity contribution >= 4 is 28.3 Å². The van der Waals surface area contributed by atoms with E-state index in [-0.39, 0.29) is 34.9 Å². The third-order valence-corrected chi connectivity index (χ3v) is 4.92. The van der Waals surface area contributed by atoms with E-state index < -0.39 is 10.5 Å². The summed E-state index contributed by atoms with van der Waals surface area (Å²) in [5, 5.41) is 18.4. The smallest absolute Gasteiger partial charge is 0.294 e. The molecule has 0 aliphatic carbocycles. The summed E-state index contributed by atoms with van der Waals surface area (Å²) in [6.07, 6.45) is 2.53. The van der Waals surface area contributed by atoms with E-state index in [2.05, 4.69) is 15.4 Å². The minimum Gasteiger partial charge on any atom is -0.324 e. The van der Waals surface area contributed by atoms with Crippen molar-refractivity contribution in [1.29, 1.82) is 0 Å². The number of carbonyl (C=O) groups excluding carboxylic acids is 1. The molecule has 0 fully saturated rings. The minimum atomic E-state index is -0.526. The molecule has 0 aliphatic rings. The number of benzene rings is 2. The lowest BCUT2D eigenvalue weighted by Crippen LogP contribution is -2.28. The SMILES string of the molecule is Cc1cccc(C)c1NC(=O)Cn1cnc2c(cnn2-c2ccccc2[N+](=O)[O-])c1=O. The van der Waals surface area contributed by atoms with E-state index in [4.69, 9.17) is 0 Å². The number of aryl methyl sites for hydroxylation is 2. The lowest BCUT2D eigenvalue weighted by molar-refractivity contribution is -0.384. The van der Waals surface area contributed by atoms with Gasteiger partial charge >= 0.3 is 0 Å². The Kier molecular flexibility index (Phi) is 5.04. The highest BCUT2D eigenvalue weighted by Crippen LogP contribution is 2.24. The Bertz CT molecular complexity index is 1370. The van der Waals surface area contributed by atoms with Gasteiger partial charge in [0.15, 0.2) is 5.65 Å². The molecular weight excluding hydrogens is 400 g/mol. The van der Waals surface area contributed by atoms with Crippen LogP contribution in [0.5, 0.6) is 0 Å². The number of amides is 1. The van der Waals surface area contributed by atoms with Crippen molar-refractivity contribution in [3.8, 4) is 5.69 Å². The molecule has 0 unspecified atom stereocenters. The molecule has 0 saturated carbocycles. The Labute approximate surface area is 175 Å². The monoisotopic (exact) mass is 418 g/mol. The average Bonchev–Trinajstić information content (AvgIpc) is 3.17. The van der Waals surface area contributed by atoms with Gasteiger partial charge in [0.2, 0.25) is 5.91 Å². The van der Waals surface area contributed by atoms with E-state index in [1.54, 1.807) is 12.1 Å². The van der Waals surface area contributed by atoms with Crippen molar-refractivity contribution in [2.45, 2.75) is 20.4 Å². The van der Waals surface area contributed by atoms with Crippen molar-refractivity contribution in [1.82, 2.24) is 19.3 Å². The first-order valence-corrected chi connectivity index (χ1v) is 9.40. The Balaban J connectivity index is 1.67. The number of nitrogens with one attached hydrogen (secondary N) is 1. The van der Waals surface area contributed by atoms with E-state index in [0.717, 1.165) is 11.1 Å². The molecule has 0 bridgehead atoms. The zero-order chi connectivity index (χ0) is 22.1. The highest BCUT2D eigenvalue weighted by atomic mass is 16.6. The highest BCUT2D eigenvalue weighted by molar-refractivity contribution is 5.92. The van der Waals surface area contributed by atoms with Crippen LogP contribution >= 0.6 is 0 Å². The van der Waals surface area contributed by atoms with Gasteiger partial charge in [-0.1, -0.05) is 30.3 Å². The van der Waals surface area contributed by atoms with Crippen LogP contribution in [0.25, 0.3) is 16.7 Å². The standard InChI is InChI=1S/C21H18N6O4/c1-13-6-5-7-14(2)19(13)24-18(28)11-25-12-22-20-15(21(25)29)10-23-26(20)16-8-3-4-9-17(16)27(30)31/h3-10,12H,11H2,1-2H3,(H,24,28). The number of rotatable bonds is 5. The summed E-state index contributed by atoms with van der Waals surface area (Å²) in [4.78, 5) is 40.4. The van der Waals surface area contributed by atoms with E-state index >= 15 is 0 Å². The number of carbonyl (C=O) groups is 1. The lowest BCUT2D eigenvalue weighted by Gasteiger charge is -2.12. The maximum Gasteiger partial charge on any atom is 0.294 e. The van der Waals surface area contributed by atoms with Crippen LogP contribution < -0.4 is 10.9 Å². The normalized spacial score (nSPS) is 10.9. The molecule has 2 aromatic carbocycles. The first-order chi connectivity index (χ1) is 14.9. The van der Waals surface area contributed by atoms with Crippen molar-refractivity contribution < 1.29 is 9.72 Å². The number of nitro groups is 1. The van der Waals surface area contributed by atoms with E-state index in [1.165, 1.54) is 33.9 Å². The van der Waals surface area contributed by atoms with E-state index in [0.29, 0.717) is 5.69 Å². The topological polar surface area (TPSA) is 125 Å². The summed E-state index contributed by atoms with van der Waals surface area (Å²) >= 11 is 0. The van der Waals surface area contributed by atoms with Gasteiger partial charge < -0.3 is 5.32 Å². The third kappa shape index (κ3) is 3.66. The first-order valence-electron chi connectivity index (χ1n) is 9.40. The zero-order valence-electron chi connectivity index (χ0n) is 16.8. The fraction of sp³-hybridized carbons (Fsp3) is 0.143. The van der Waals surface area contributed by atoms with Gasteiger partial charge in [-0.15, -0.1) is 0 Å². The molecule has 0 spiro atoms. The number of fused-ring (bicyclic) bond motifs is 1.